The molecule has 1 heterocycles. The lowest BCUT2D eigenvalue weighted by atomic mass is 10.1. The molecule has 0 spiro atoms. The Morgan fingerprint density at radius 1 is 1.58 bits per heavy atom. The molecule has 1 aromatic heterocycles. The predicted molar refractivity (Wildman–Crippen MR) is 71.7 cm³/mol. The fraction of sp³-hybridized carbons (Fsp3) is 0.556. The Morgan fingerprint density at radius 2 is 2.16 bits per heavy atom. The third-order valence-electron chi connectivity index (χ3n) is 2.42. The Kier molecular flexibility index (Phi) is 4.50. The summed E-state index contributed by atoms with van der Waals surface area (Å²) in [7, 11) is -2.37. The summed E-state index contributed by atoms with van der Waals surface area (Å²) in [5.74, 6) is 0. The molecule has 19 heavy (non-hydrogen) atoms. The van der Waals surface area contributed by atoms with Crippen molar-refractivity contribution >= 4 is 32.0 Å². The van der Waals surface area contributed by atoms with Crippen molar-refractivity contribution in [1.82, 2.24) is 4.72 Å². The maximum atomic E-state index is 11.9. The van der Waals surface area contributed by atoms with Crippen LogP contribution in [0.25, 0.3) is 0 Å². The number of thiophene rings is 1. The number of nitrogens with two attached hydrogens (primary N) is 1. The summed E-state index contributed by atoms with van der Waals surface area (Å²) in [6.45, 7) is 3.46. The Hall–Kier alpha value is -1.23. The highest BCUT2D eigenvalue weighted by molar-refractivity contribution is 7.91. The van der Waals surface area contributed by atoms with E-state index in [-0.39, 0.29) is 15.8 Å². The van der Waals surface area contributed by atoms with Gasteiger partial charge in [-0.15, -0.1) is 0 Å². The number of ether oxygens (including phenoxy) is 1. The van der Waals surface area contributed by atoms with Crippen molar-refractivity contribution in [3.8, 4) is 0 Å². The first-order chi connectivity index (χ1) is 8.59. The number of nitrogens with zero attached hydrogens (tertiary/aromatic N) is 1. The minimum absolute atomic E-state index is 0.0391. The van der Waals surface area contributed by atoms with Crippen LogP contribution in [0.1, 0.15) is 13.8 Å². The Morgan fingerprint density at radius 3 is 2.58 bits per heavy atom. The predicted octanol–water partition coefficient (Wildman–Crippen LogP) is 0.942. The van der Waals surface area contributed by atoms with Crippen molar-refractivity contribution in [2.45, 2.75) is 23.7 Å². The first-order valence-electron chi connectivity index (χ1n) is 5.17. The maximum Gasteiger partial charge on any atom is 0.304 e. The summed E-state index contributed by atoms with van der Waals surface area (Å²) in [4.78, 5) is 9.90. The van der Waals surface area contributed by atoms with Gasteiger partial charge in [0, 0.05) is 19.7 Å². The first kappa shape index (κ1) is 15.8. The molecule has 0 saturated carbocycles. The number of nitrogens with one attached hydrogen (secondary N) is 1. The largest absolute Gasteiger partial charge is 0.385 e. The molecular formula is C9H15N3O5S2. The van der Waals surface area contributed by atoms with Crippen LogP contribution in [0, 0.1) is 10.1 Å². The van der Waals surface area contributed by atoms with Crippen LogP contribution in [-0.2, 0) is 14.8 Å². The molecule has 3 N–H and O–H groups in total. The van der Waals surface area contributed by atoms with E-state index in [0.717, 1.165) is 6.07 Å². The van der Waals surface area contributed by atoms with Crippen LogP contribution in [0.5, 0.6) is 0 Å². The number of methoxy groups -OCH3 is 1. The molecule has 0 fully saturated rings. The molecular weight excluding hydrogens is 294 g/mol. The molecule has 0 aliphatic carbocycles. The number of anilines is 1. The van der Waals surface area contributed by atoms with Gasteiger partial charge in [-0.1, -0.05) is 11.3 Å². The van der Waals surface area contributed by atoms with E-state index in [1.54, 1.807) is 13.8 Å². The summed E-state index contributed by atoms with van der Waals surface area (Å²) in [6, 6.07) is 0.947. The third kappa shape index (κ3) is 3.86. The molecule has 0 atom stereocenters. The summed E-state index contributed by atoms with van der Waals surface area (Å²) in [5.41, 5.74) is 4.32. The van der Waals surface area contributed by atoms with E-state index in [9.17, 15) is 18.5 Å². The zero-order valence-corrected chi connectivity index (χ0v) is 12.3. The van der Waals surface area contributed by atoms with Crippen LogP contribution in [0.15, 0.2) is 10.3 Å². The molecule has 10 heteroatoms. The maximum absolute atomic E-state index is 11.9. The van der Waals surface area contributed by atoms with E-state index in [4.69, 9.17) is 10.5 Å². The van der Waals surface area contributed by atoms with Crippen LogP contribution < -0.4 is 10.5 Å². The van der Waals surface area contributed by atoms with E-state index in [1.165, 1.54) is 7.11 Å². The van der Waals surface area contributed by atoms with E-state index in [2.05, 4.69) is 4.72 Å². The molecule has 8 nitrogen and oxygen atoms in total. The molecule has 0 aromatic carbocycles. The quantitative estimate of drug-likeness (QED) is 0.595. The second-order valence-corrected chi connectivity index (χ2v) is 7.44. The second kappa shape index (κ2) is 5.41. The van der Waals surface area contributed by atoms with Crippen molar-refractivity contribution in [3.05, 3.63) is 16.2 Å². The second-order valence-electron chi connectivity index (χ2n) is 4.36. The van der Waals surface area contributed by atoms with Gasteiger partial charge in [-0.2, -0.15) is 0 Å². The molecule has 1 rings (SSSR count). The number of nitro groups is 1. The van der Waals surface area contributed by atoms with Gasteiger partial charge in [0.05, 0.1) is 10.5 Å². The van der Waals surface area contributed by atoms with Gasteiger partial charge in [0.1, 0.15) is 4.21 Å². The number of hydrogen-bond donors (Lipinski definition) is 2. The van der Waals surface area contributed by atoms with Crippen molar-refractivity contribution in [3.63, 3.8) is 0 Å². The summed E-state index contributed by atoms with van der Waals surface area (Å²) in [6.07, 6.45) is 0. The van der Waals surface area contributed by atoms with E-state index < -0.39 is 26.2 Å². The number of rotatable bonds is 6. The van der Waals surface area contributed by atoms with Gasteiger partial charge in [-0.05, 0) is 13.8 Å². The normalized spacial score (nSPS) is 12.6. The van der Waals surface area contributed by atoms with Gasteiger partial charge in [-0.25, -0.2) is 13.1 Å². The minimum atomic E-state index is -3.83. The topological polar surface area (TPSA) is 125 Å². The number of hydrogen-bond acceptors (Lipinski definition) is 7. The van der Waals surface area contributed by atoms with Crippen molar-refractivity contribution in [1.29, 1.82) is 0 Å². The highest BCUT2D eigenvalue weighted by Gasteiger charge is 2.27. The molecule has 0 aliphatic heterocycles. The van der Waals surface area contributed by atoms with Crippen LogP contribution >= 0.6 is 11.3 Å². The van der Waals surface area contributed by atoms with Crippen LogP contribution in [0.2, 0.25) is 0 Å². The molecule has 0 bridgehead atoms. The molecule has 0 unspecified atom stereocenters. The number of sulfonamides is 1. The standard InChI is InChI=1S/C9H15N3O5S2/c1-9(2,17-3)5-11-19(15,16)7-4-6(12(13)14)8(10)18-7/h4,11H,5,10H2,1-3H3. The fourth-order valence-corrected chi connectivity index (χ4v) is 3.52. The highest BCUT2D eigenvalue weighted by atomic mass is 32.2. The molecule has 0 radical (unpaired) electrons. The molecule has 0 amide bonds. The highest BCUT2D eigenvalue weighted by Crippen LogP contribution is 2.34. The van der Waals surface area contributed by atoms with Gasteiger partial charge in [0.2, 0.25) is 10.0 Å². The van der Waals surface area contributed by atoms with Gasteiger partial charge in [-0.3, -0.25) is 10.1 Å². The van der Waals surface area contributed by atoms with Gasteiger partial charge in [0.15, 0.2) is 5.00 Å². The van der Waals surface area contributed by atoms with Crippen molar-refractivity contribution < 1.29 is 18.1 Å². The smallest absolute Gasteiger partial charge is 0.304 e. The zero-order valence-electron chi connectivity index (χ0n) is 10.7. The molecule has 1 aromatic rings. The van der Waals surface area contributed by atoms with Gasteiger partial charge in [0.25, 0.3) is 0 Å². The molecule has 108 valence electrons. The lowest BCUT2D eigenvalue weighted by Crippen LogP contribution is -2.39. The van der Waals surface area contributed by atoms with Crippen LogP contribution in [-0.4, -0.2) is 32.6 Å². The van der Waals surface area contributed by atoms with E-state index >= 15 is 0 Å². The summed E-state index contributed by atoms with van der Waals surface area (Å²) < 4.78 is 31.1. The minimum Gasteiger partial charge on any atom is -0.385 e. The summed E-state index contributed by atoms with van der Waals surface area (Å²) in [5, 5.41) is 10.5. The zero-order chi connectivity index (χ0) is 14.8. The van der Waals surface area contributed by atoms with E-state index in [0.29, 0.717) is 11.3 Å². The summed E-state index contributed by atoms with van der Waals surface area (Å²) >= 11 is 0.653. The van der Waals surface area contributed by atoms with Crippen molar-refractivity contribution in [2.24, 2.45) is 0 Å². The average molecular weight is 309 g/mol. The fourth-order valence-electron chi connectivity index (χ4n) is 1.06. The monoisotopic (exact) mass is 309 g/mol. The average Bonchev–Trinajstić information content (AvgIpc) is 2.70. The SMILES string of the molecule is COC(C)(C)CNS(=O)(=O)c1cc([N+](=O)[O-])c(N)s1. The number of nitrogen functional groups attached to an aromatic ring is 1. The van der Waals surface area contributed by atoms with Gasteiger partial charge >= 0.3 is 5.69 Å². The molecule has 0 aliphatic rings. The van der Waals surface area contributed by atoms with E-state index in [1.807, 2.05) is 0 Å². The lowest BCUT2D eigenvalue weighted by molar-refractivity contribution is -0.383. The van der Waals surface area contributed by atoms with Crippen LogP contribution in [0.4, 0.5) is 10.7 Å². The van der Waals surface area contributed by atoms with Gasteiger partial charge < -0.3 is 10.5 Å². The Balaban J connectivity index is 2.96. The van der Waals surface area contributed by atoms with Crippen molar-refractivity contribution in [2.75, 3.05) is 19.4 Å². The lowest BCUT2D eigenvalue weighted by Gasteiger charge is -2.22. The van der Waals surface area contributed by atoms with Crippen LogP contribution in [0.3, 0.4) is 0 Å². The molecule has 0 saturated heterocycles. The Bertz CT molecular complexity index is 579. The first-order valence-corrected chi connectivity index (χ1v) is 7.47. The third-order valence-corrected chi connectivity index (χ3v) is 5.25. The Labute approximate surface area is 114 Å².